The molecular formula is C18H24FN3O3. The van der Waals surface area contributed by atoms with Crippen LogP contribution in [-0.4, -0.2) is 33.7 Å². The van der Waals surface area contributed by atoms with Gasteiger partial charge in [0, 0.05) is 18.7 Å². The van der Waals surface area contributed by atoms with Crippen molar-refractivity contribution in [2.75, 3.05) is 13.1 Å². The van der Waals surface area contributed by atoms with Gasteiger partial charge in [0.25, 0.3) is 0 Å². The number of rotatable bonds is 7. The molecule has 0 saturated carbocycles. The van der Waals surface area contributed by atoms with Crippen molar-refractivity contribution < 1.29 is 13.6 Å². The monoisotopic (exact) mass is 349 g/mol. The lowest BCUT2D eigenvalue weighted by Crippen LogP contribution is -2.40. The van der Waals surface area contributed by atoms with Gasteiger partial charge in [0.05, 0.1) is 0 Å². The molecule has 0 unspecified atom stereocenters. The number of benzene rings is 1. The number of carbonyl (C=O) groups excluding carboxylic acids is 1. The standard InChI is InChI=1S/C18H24FN3O3/c1-12(2)9-21(10-13(3)4)16(23)11-22-18(24)25-17(20-22)14-5-7-15(19)8-6-14/h5-8,12-13H,9-11H2,1-4H3. The zero-order valence-corrected chi connectivity index (χ0v) is 15.0. The van der Waals surface area contributed by atoms with Crippen LogP contribution in [0.1, 0.15) is 27.7 Å². The van der Waals surface area contributed by atoms with E-state index in [1.807, 2.05) is 27.7 Å². The number of nitrogens with zero attached hydrogens (tertiary/aromatic N) is 3. The van der Waals surface area contributed by atoms with Gasteiger partial charge in [-0.05, 0) is 36.1 Å². The lowest BCUT2D eigenvalue weighted by molar-refractivity contribution is -0.133. The highest BCUT2D eigenvalue weighted by Crippen LogP contribution is 2.15. The summed E-state index contributed by atoms with van der Waals surface area (Å²) in [4.78, 5) is 26.3. The van der Waals surface area contributed by atoms with Crippen LogP contribution in [0.5, 0.6) is 0 Å². The summed E-state index contributed by atoms with van der Waals surface area (Å²) in [5.74, 6) is -0.557. The molecule has 6 nitrogen and oxygen atoms in total. The molecule has 1 aromatic heterocycles. The summed E-state index contributed by atoms with van der Waals surface area (Å²) in [6.07, 6.45) is 0. The molecule has 2 aromatic rings. The van der Waals surface area contributed by atoms with Gasteiger partial charge in [0.15, 0.2) is 0 Å². The molecule has 1 heterocycles. The lowest BCUT2D eigenvalue weighted by atomic mass is 10.1. The van der Waals surface area contributed by atoms with Crippen molar-refractivity contribution in [2.45, 2.75) is 34.2 Å². The molecule has 0 atom stereocenters. The minimum Gasteiger partial charge on any atom is -0.388 e. The van der Waals surface area contributed by atoms with E-state index in [9.17, 15) is 14.0 Å². The zero-order chi connectivity index (χ0) is 18.6. The summed E-state index contributed by atoms with van der Waals surface area (Å²) in [7, 11) is 0. The Morgan fingerprint density at radius 2 is 1.72 bits per heavy atom. The van der Waals surface area contributed by atoms with Crippen LogP contribution >= 0.6 is 0 Å². The van der Waals surface area contributed by atoms with E-state index in [1.54, 1.807) is 4.90 Å². The molecule has 25 heavy (non-hydrogen) atoms. The van der Waals surface area contributed by atoms with Gasteiger partial charge >= 0.3 is 5.76 Å². The van der Waals surface area contributed by atoms with Crippen molar-refractivity contribution in [3.05, 3.63) is 40.6 Å². The number of hydrogen-bond acceptors (Lipinski definition) is 4. The van der Waals surface area contributed by atoms with Gasteiger partial charge in [-0.15, -0.1) is 5.10 Å². The quantitative estimate of drug-likeness (QED) is 0.771. The summed E-state index contributed by atoms with van der Waals surface area (Å²) < 4.78 is 19.1. The van der Waals surface area contributed by atoms with Crippen molar-refractivity contribution in [3.63, 3.8) is 0 Å². The largest absolute Gasteiger partial charge is 0.437 e. The van der Waals surface area contributed by atoms with Crippen LogP contribution in [0.25, 0.3) is 11.5 Å². The average molecular weight is 349 g/mol. The first kappa shape index (κ1) is 18.9. The van der Waals surface area contributed by atoms with Crippen LogP contribution in [0.3, 0.4) is 0 Å². The number of halogens is 1. The molecule has 0 aliphatic heterocycles. The van der Waals surface area contributed by atoms with E-state index in [-0.39, 0.29) is 18.3 Å². The van der Waals surface area contributed by atoms with Gasteiger partial charge in [0.2, 0.25) is 11.8 Å². The fourth-order valence-electron chi connectivity index (χ4n) is 2.50. The summed E-state index contributed by atoms with van der Waals surface area (Å²) in [6, 6.07) is 5.45. The summed E-state index contributed by atoms with van der Waals surface area (Å²) in [6.45, 7) is 9.21. The molecule has 0 aliphatic rings. The molecule has 0 N–H and O–H groups in total. The molecule has 7 heteroatoms. The van der Waals surface area contributed by atoms with Gasteiger partial charge in [-0.3, -0.25) is 4.79 Å². The second-order valence-corrected chi connectivity index (χ2v) is 6.92. The number of carbonyl (C=O) groups is 1. The molecule has 0 saturated heterocycles. The van der Waals surface area contributed by atoms with Crippen molar-refractivity contribution in [1.82, 2.24) is 14.7 Å². The second kappa shape index (κ2) is 8.09. The third-order valence-corrected chi connectivity index (χ3v) is 3.51. The minimum absolute atomic E-state index is 0.0667. The fourth-order valence-corrected chi connectivity index (χ4v) is 2.50. The van der Waals surface area contributed by atoms with Crippen molar-refractivity contribution in [2.24, 2.45) is 11.8 Å². The number of aromatic nitrogens is 2. The molecule has 0 radical (unpaired) electrons. The molecule has 2 rings (SSSR count). The first-order valence-electron chi connectivity index (χ1n) is 8.38. The Morgan fingerprint density at radius 1 is 1.16 bits per heavy atom. The Morgan fingerprint density at radius 3 is 2.24 bits per heavy atom. The first-order valence-corrected chi connectivity index (χ1v) is 8.38. The predicted octanol–water partition coefficient (Wildman–Crippen LogP) is 2.78. The number of amides is 1. The van der Waals surface area contributed by atoms with Gasteiger partial charge in [-0.2, -0.15) is 4.68 Å². The van der Waals surface area contributed by atoms with Crippen molar-refractivity contribution in [3.8, 4) is 11.5 Å². The van der Waals surface area contributed by atoms with Gasteiger partial charge in [0.1, 0.15) is 12.4 Å². The first-order chi connectivity index (χ1) is 11.8. The molecule has 1 aromatic carbocycles. The Bertz CT molecular complexity index is 753. The Balaban J connectivity index is 2.17. The van der Waals surface area contributed by atoms with Crippen molar-refractivity contribution in [1.29, 1.82) is 0 Å². The predicted molar refractivity (Wildman–Crippen MR) is 92.4 cm³/mol. The Labute approximate surface area is 146 Å². The maximum absolute atomic E-state index is 13.0. The van der Waals surface area contributed by atoms with Gasteiger partial charge in [-0.25, -0.2) is 9.18 Å². The van der Waals surface area contributed by atoms with Crippen LogP contribution in [0, 0.1) is 17.7 Å². The van der Waals surface area contributed by atoms with Crippen LogP contribution < -0.4 is 5.76 Å². The van der Waals surface area contributed by atoms with E-state index in [0.29, 0.717) is 30.5 Å². The van der Waals surface area contributed by atoms with E-state index in [2.05, 4.69) is 5.10 Å². The molecular weight excluding hydrogens is 325 g/mol. The molecule has 0 bridgehead atoms. The Hall–Kier alpha value is -2.44. The average Bonchev–Trinajstić information content (AvgIpc) is 2.87. The third-order valence-electron chi connectivity index (χ3n) is 3.51. The van der Waals surface area contributed by atoms with Gasteiger partial charge < -0.3 is 9.32 Å². The normalized spacial score (nSPS) is 11.3. The third kappa shape index (κ3) is 5.27. The second-order valence-electron chi connectivity index (χ2n) is 6.92. The van der Waals surface area contributed by atoms with E-state index in [1.165, 1.54) is 24.3 Å². The highest BCUT2D eigenvalue weighted by atomic mass is 19.1. The molecule has 136 valence electrons. The fraction of sp³-hybridized carbons (Fsp3) is 0.500. The minimum atomic E-state index is -0.707. The van der Waals surface area contributed by atoms with E-state index < -0.39 is 11.6 Å². The van der Waals surface area contributed by atoms with E-state index in [4.69, 9.17) is 4.42 Å². The summed E-state index contributed by atoms with van der Waals surface area (Å²) >= 11 is 0. The van der Waals surface area contributed by atoms with Crippen LogP contribution in [-0.2, 0) is 11.3 Å². The maximum atomic E-state index is 13.0. The lowest BCUT2D eigenvalue weighted by Gasteiger charge is -2.26. The highest BCUT2D eigenvalue weighted by Gasteiger charge is 2.19. The van der Waals surface area contributed by atoms with Crippen LogP contribution in [0.2, 0.25) is 0 Å². The topological polar surface area (TPSA) is 68.3 Å². The number of hydrogen-bond donors (Lipinski definition) is 0. The smallest absolute Gasteiger partial charge is 0.388 e. The molecule has 1 amide bonds. The molecule has 0 aliphatic carbocycles. The maximum Gasteiger partial charge on any atom is 0.437 e. The molecule has 0 fully saturated rings. The SMILES string of the molecule is CC(C)CN(CC(C)C)C(=O)Cn1nc(-c2ccc(F)cc2)oc1=O. The van der Waals surface area contributed by atoms with Crippen LogP contribution in [0.15, 0.2) is 33.5 Å². The summed E-state index contributed by atoms with van der Waals surface area (Å²) in [5.41, 5.74) is 0.478. The van der Waals surface area contributed by atoms with Gasteiger partial charge in [-0.1, -0.05) is 27.7 Å². The molecule has 0 spiro atoms. The van der Waals surface area contributed by atoms with Crippen molar-refractivity contribution >= 4 is 5.91 Å². The van der Waals surface area contributed by atoms with E-state index in [0.717, 1.165) is 4.68 Å². The zero-order valence-electron chi connectivity index (χ0n) is 15.0. The highest BCUT2D eigenvalue weighted by molar-refractivity contribution is 5.76. The van der Waals surface area contributed by atoms with E-state index >= 15 is 0 Å². The Kier molecular flexibility index (Phi) is 6.12. The summed E-state index contributed by atoms with van der Waals surface area (Å²) in [5, 5.41) is 4.06. The van der Waals surface area contributed by atoms with Crippen LogP contribution in [0.4, 0.5) is 4.39 Å².